The first-order chi connectivity index (χ1) is 5.52. The fraction of sp³-hybridized carbons (Fsp3) is 0. The van der Waals surface area contributed by atoms with E-state index in [1.165, 1.54) is 0 Å². The number of nitrogens with zero attached hydrogens (tertiary/aromatic N) is 4. The van der Waals surface area contributed by atoms with Gasteiger partial charge in [0.1, 0.15) is 9.89 Å². The maximum Gasteiger partial charge on any atom is 0.499 e. The van der Waals surface area contributed by atoms with Gasteiger partial charge in [-0.25, -0.2) is 4.79 Å². The molecule has 0 aliphatic carbocycles. The predicted molar refractivity (Wildman–Crippen MR) is 31.9 cm³/mol. The lowest BCUT2D eigenvalue weighted by atomic mass is 11.1. The van der Waals surface area contributed by atoms with E-state index < -0.39 is 21.6 Å². The van der Waals surface area contributed by atoms with E-state index in [0.29, 0.717) is 0 Å². The molecule has 10 nitrogen and oxygen atoms in total. The van der Waals surface area contributed by atoms with Crippen LogP contribution in [0.4, 0.5) is 5.95 Å². The zero-order valence-electron chi connectivity index (χ0n) is 5.33. The SMILES string of the molecule is O=c1[nH]c([N+](=O)[O-])nn1[N+](=O)[O-]. The zero-order valence-corrected chi connectivity index (χ0v) is 5.33. The Kier molecular flexibility index (Phi) is 1.58. The van der Waals surface area contributed by atoms with E-state index in [-0.39, 0.29) is 4.79 Å². The van der Waals surface area contributed by atoms with E-state index in [1.54, 1.807) is 4.98 Å². The summed E-state index contributed by atoms with van der Waals surface area (Å²) in [4.78, 5) is 30.6. The summed E-state index contributed by atoms with van der Waals surface area (Å²) in [5.41, 5.74) is -1.26. The number of aromatic nitrogens is 3. The van der Waals surface area contributed by atoms with Crippen LogP contribution in [0.2, 0.25) is 0 Å². The number of nitrogens with one attached hydrogen (secondary N) is 1. The lowest BCUT2D eigenvalue weighted by Crippen LogP contribution is -2.24. The molecule has 0 amide bonds. The minimum atomic E-state index is -1.26. The second-order valence-electron chi connectivity index (χ2n) is 1.64. The van der Waals surface area contributed by atoms with Crippen molar-refractivity contribution in [2.24, 2.45) is 0 Å². The standard InChI is InChI=1S/C2HN5O5/c8-2-3-1(6(9)10)4-5(2)7(11)12/h(H,3,4,8). The van der Waals surface area contributed by atoms with Crippen molar-refractivity contribution in [2.75, 3.05) is 0 Å². The number of aromatic amines is 1. The molecule has 0 saturated heterocycles. The van der Waals surface area contributed by atoms with Crippen molar-refractivity contribution in [3.8, 4) is 0 Å². The summed E-state index contributed by atoms with van der Waals surface area (Å²) < 4.78 is 0. The number of H-pyrrole nitrogens is 1. The van der Waals surface area contributed by atoms with Crippen LogP contribution in [0.25, 0.3) is 0 Å². The Bertz CT molecular complexity index is 387. The molecule has 1 rings (SSSR count). The molecule has 1 heterocycles. The molecule has 0 bridgehead atoms. The molecule has 1 aromatic rings. The molecular weight excluding hydrogens is 174 g/mol. The Hall–Kier alpha value is -2.26. The highest BCUT2D eigenvalue weighted by Gasteiger charge is 2.21. The number of hydrogen-bond donors (Lipinski definition) is 1. The highest BCUT2D eigenvalue weighted by atomic mass is 16.7. The molecule has 12 heavy (non-hydrogen) atoms. The molecule has 0 saturated carbocycles. The van der Waals surface area contributed by atoms with Gasteiger partial charge in [-0.2, -0.15) is 4.98 Å². The van der Waals surface area contributed by atoms with Crippen molar-refractivity contribution in [3.63, 3.8) is 0 Å². The first kappa shape index (κ1) is 7.84. The third kappa shape index (κ3) is 1.12. The van der Waals surface area contributed by atoms with E-state index in [2.05, 4.69) is 5.10 Å². The molecule has 0 aromatic carbocycles. The monoisotopic (exact) mass is 175 g/mol. The quantitative estimate of drug-likeness (QED) is 0.429. The highest BCUT2D eigenvalue weighted by molar-refractivity contribution is 4.96. The molecule has 0 aliphatic heterocycles. The van der Waals surface area contributed by atoms with Crippen LogP contribution in [0, 0.1) is 20.2 Å². The normalized spacial score (nSPS) is 9.67. The Balaban J connectivity index is 3.27. The smallest absolute Gasteiger partial charge is 0.389 e. The first-order valence-electron chi connectivity index (χ1n) is 2.51. The van der Waals surface area contributed by atoms with Gasteiger partial charge in [0.2, 0.25) is 0 Å². The first-order valence-corrected chi connectivity index (χ1v) is 2.51. The van der Waals surface area contributed by atoms with Gasteiger partial charge in [0, 0.05) is 0 Å². The van der Waals surface area contributed by atoms with E-state index >= 15 is 0 Å². The van der Waals surface area contributed by atoms with Crippen molar-refractivity contribution < 1.29 is 9.96 Å². The van der Waals surface area contributed by atoms with Gasteiger partial charge in [-0.3, -0.25) is 0 Å². The number of nitro groups is 2. The van der Waals surface area contributed by atoms with Crippen LogP contribution in [-0.2, 0) is 0 Å². The fourth-order valence-corrected chi connectivity index (χ4v) is 0.499. The van der Waals surface area contributed by atoms with Crippen molar-refractivity contribution in [2.45, 2.75) is 0 Å². The van der Waals surface area contributed by atoms with Crippen molar-refractivity contribution in [3.05, 3.63) is 30.7 Å². The van der Waals surface area contributed by atoms with Crippen LogP contribution >= 0.6 is 0 Å². The van der Waals surface area contributed by atoms with Gasteiger partial charge in [0.25, 0.3) is 0 Å². The van der Waals surface area contributed by atoms with Crippen LogP contribution in [0.1, 0.15) is 0 Å². The Morgan fingerprint density at radius 1 is 1.42 bits per heavy atom. The van der Waals surface area contributed by atoms with Gasteiger partial charge in [-0.1, -0.05) is 0 Å². The van der Waals surface area contributed by atoms with E-state index in [0.717, 1.165) is 0 Å². The van der Waals surface area contributed by atoms with Crippen LogP contribution in [0.3, 0.4) is 0 Å². The lowest BCUT2D eigenvalue weighted by molar-refractivity contribution is -0.556. The summed E-state index contributed by atoms with van der Waals surface area (Å²) in [6.07, 6.45) is 0. The molecule has 0 radical (unpaired) electrons. The second-order valence-corrected chi connectivity index (χ2v) is 1.64. The minimum absolute atomic E-state index is 0.252. The minimum Gasteiger partial charge on any atom is -0.389 e. The third-order valence-corrected chi connectivity index (χ3v) is 0.917. The summed E-state index contributed by atoms with van der Waals surface area (Å²) in [6.45, 7) is 0. The third-order valence-electron chi connectivity index (χ3n) is 0.917. The Morgan fingerprint density at radius 3 is 2.25 bits per heavy atom. The molecule has 0 atom stereocenters. The maximum absolute atomic E-state index is 10.5. The average Bonchev–Trinajstić information content (AvgIpc) is 2.30. The van der Waals surface area contributed by atoms with Gasteiger partial charge in [0.15, 0.2) is 0 Å². The summed E-state index contributed by atoms with van der Waals surface area (Å²) in [6, 6.07) is 0. The molecule has 1 N–H and O–H groups in total. The van der Waals surface area contributed by atoms with Crippen molar-refractivity contribution in [1.29, 1.82) is 0 Å². The van der Waals surface area contributed by atoms with Crippen molar-refractivity contribution >= 4 is 5.95 Å². The molecule has 0 spiro atoms. The van der Waals surface area contributed by atoms with Crippen LogP contribution in [0.15, 0.2) is 4.79 Å². The second kappa shape index (κ2) is 2.41. The van der Waals surface area contributed by atoms with Gasteiger partial charge in [0.05, 0.1) is 5.03 Å². The molecule has 0 aliphatic rings. The van der Waals surface area contributed by atoms with Crippen LogP contribution < -0.4 is 5.69 Å². The summed E-state index contributed by atoms with van der Waals surface area (Å²) in [5, 5.41) is 21.4. The largest absolute Gasteiger partial charge is 0.499 e. The van der Waals surface area contributed by atoms with Crippen molar-refractivity contribution in [1.82, 2.24) is 14.9 Å². The molecule has 64 valence electrons. The zero-order chi connectivity index (χ0) is 9.30. The average molecular weight is 175 g/mol. The number of hydrogen-bond acceptors (Lipinski definition) is 6. The Morgan fingerprint density at radius 2 is 2.00 bits per heavy atom. The van der Waals surface area contributed by atoms with Crippen LogP contribution in [0.5, 0.6) is 0 Å². The van der Waals surface area contributed by atoms with E-state index in [4.69, 9.17) is 0 Å². The van der Waals surface area contributed by atoms with Gasteiger partial charge in [-0.05, 0) is 4.92 Å². The molecule has 0 unspecified atom stereocenters. The van der Waals surface area contributed by atoms with Gasteiger partial charge in [-0.15, -0.1) is 0 Å². The summed E-state index contributed by atoms with van der Waals surface area (Å²) in [5.74, 6) is -0.961. The molecule has 1 aromatic heterocycles. The number of rotatable bonds is 2. The van der Waals surface area contributed by atoms with Gasteiger partial charge < -0.3 is 20.2 Å². The predicted octanol–water partition coefficient (Wildman–Crippen LogP) is -1.48. The maximum atomic E-state index is 10.5. The topological polar surface area (TPSA) is 137 Å². The molecular formula is C2HN5O5. The van der Waals surface area contributed by atoms with Gasteiger partial charge >= 0.3 is 11.6 Å². The van der Waals surface area contributed by atoms with E-state index in [1.807, 2.05) is 0 Å². The summed E-state index contributed by atoms with van der Waals surface area (Å²) >= 11 is 0. The molecule has 10 heteroatoms. The Labute approximate surface area is 62.7 Å². The van der Waals surface area contributed by atoms with Crippen LogP contribution in [-0.4, -0.2) is 24.8 Å². The fourth-order valence-electron chi connectivity index (χ4n) is 0.499. The molecule has 0 fully saturated rings. The lowest BCUT2D eigenvalue weighted by Gasteiger charge is -1.84. The summed E-state index contributed by atoms with van der Waals surface area (Å²) in [7, 11) is 0. The van der Waals surface area contributed by atoms with E-state index in [9.17, 15) is 25.0 Å². The highest BCUT2D eigenvalue weighted by Crippen LogP contribution is 1.94.